The van der Waals surface area contributed by atoms with Gasteiger partial charge in [-0.05, 0) is 38.1 Å². The number of benzene rings is 1. The molecule has 0 atom stereocenters. The van der Waals surface area contributed by atoms with Gasteiger partial charge in [-0.25, -0.2) is 4.79 Å². The first-order chi connectivity index (χ1) is 14.3. The number of hydrogen-bond acceptors (Lipinski definition) is 5. The lowest BCUT2D eigenvalue weighted by Crippen LogP contribution is -2.20. The number of esters is 1. The molecule has 0 saturated heterocycles. The van der Waals surface area contributed by atoms with Crippen LogP contribution < -0.4 is 11.2 Å². The summed E-state index contributed by atoms with van der Waals surface area (Å²) in [7, 11) is 0. The quantitative estimate of drug-likeness (QED) is 0.169. The van der Waals surface area contributed by atoms with Gasteiger partial charge in [0.2, 0.25) is 0 Å². The van der Waals surface area contributed by atoms with Crippen molar-refractivity contribution in [2.45, 2.75) is 32.3 Å². The maximum Gasteiger partial charge on any atom is 0.416 e. The molecule has 2 rings (SSSR count). The zero-order valence-corrected chi connectivity index (χ0v) is 16.1. The fraction of sp³-hybridized carbons (Fsp3) is 0.263. The zero-order valence-electron chi connectivity index (χ0n) is 16.1. The molecule has 0 aliphatic rings. The fourth-order valence-corrected chi connectivity index (χ4v) is 2.29. The Bertz CT molecular complexity index is 945. The number of nitrogens with one attached hydrogen (secondary N) is 1. The van der Waals surface area contributed by atoms with Gasteiger partial charge in [-0.15, -0.1) is 0 Å². The number of carbonyl (C=O) groups is 1. The van der Waals surface area contributed by atoms with E-state index in [0.29, 0.717) is 17.7 Å². The summed E-state index contributed by atoms with van der Waals surface area (Å²) in [6.07, 6.45) is -6.98. The molecule has 1 heterocycles. The fourth-order valence-electron chi connectivity index (χ4n) is 2.29. The van der Waals surface area contributed by atoms with E-state index in [4.69, 9.17) is 14.9 Å². The van der Waals surface area contributed by atoms with Gasteiger partial charge in [0.25, 0.3) is 0 Å². The molecule has 3 N–H and O–H groups in total. The monoisotopic (exact) mass is 449 g/mol. The SMILES string of the molecule is CC(C)OC(=O)/C(=C/N/N=C(\N)c1cc(C(F)(F)F)cc(C(F)(F)F)c1)c1ccoc1. The van der Waals surface area contributed by atoms with Gasteiger partial charge in [0.1, 0.15) is 0 Å². The van der Waals surface area contributed by atoms with E-state index in [2.05, 4.69) is 10.5 Å². The first kappa shape index (κ1) is 23.8. The molecule has 0 aliphatic heterocycles. The number of carbonyl (C=O) groups excluding carboxylic acids is 1. The van der Waals surface area contributed by atoms with E-state index in [9.17, 15) is 31.1 Å². The van der Waals surface area contributed by atoms with Gasteiger partial charge in [-0.2, -0.15) is 31.4 Å². The third-order valence-electron chi connectivity index (χ3n) is 3.67. The molecule has 1 aromatic carbocycles. The number of nitrogens with zero attached hydrogens (tertiary/aromatic N) is 1. The van der Waals surface area contributed by atoms with E-state index >= 15 is 0 Å². The van der Waals surface area contributed by atoms with Gasteiger partial charge in [-0.3, -0.25) is 5.43 Å². The van der Waals surface area contributed by atoms with Crippen LogP contribution in [0.25, 0.3) is 5.57 Å². The lowest BCUT2D eigenvalue weighted by molar-refractivity contribution is -0.143. The lowest BCUT2D eigenvalue weighted by Gasteiger charge is -2.14. The topological polar surface area (TPSA) is 89.8 Å². The Hall–Kier alpha value is -3.44. The van der Waals surface area contributed by atoms with Crippen molar-refractivity contribution in [1.82, 2.24) is 5.43 Å². The van der Waals surface area contributed by atoms with Crippen LogP contribution in [0.15, 0.2) is 52.5 Å². The van der Waals surface area contributed by atoms with Crippen molar-refractivity contribution in [3.8, 4) is 0 Å². The van der Waals surface area contributed by atoms with E-state index in [1.54, 1.807) is 13.8 Å². The molecule has 12 heteroatoms. The molecule has 0 unspecified atom stereocenters. The van der Waals surface area contributed by atoms with E-state index in [1.165, 1.54) is 18.6 Å². The van der Waals surface area contributed by atoms with Crippen LogP contribution in [-0.4, -0.2) is 17.9 Å². The molecule has 1 aromatic heterocycles. The predicted octanol–water partition coefficient (Wildman–Crippen LogP) is 4.52. The Morgan fingerprint density at radius 1 is 1.10 bits per heavy atom. The first-order valence-corrected chi connectivity index (χ1v) is 8.61. The summed E-state index contributed by atoms with van der Waals surface area (Å²) < 4.78 is 87.8. The van der Waals surface area contributed by atoms with Gasteiger partial charge in [0.15, 0.2) is 5.84 Å². The van der Waals surface area contributed by atoms with Crippen molar-refractivity contribution < 1.29 is 40.3 Å². The average Bonchev–Trinajstić information content (AvgIpc) is 3.16. The van der Waals surface area contributed by atoms with Gasteiger partial charge in [-0.1, -0.05) is 0 Å². The highest BCUT2D eigenvalue weighted by atomic mass is 19.4. The van der Waals surface area contributed by atoms with Crippen molar-refractivity contribution in [2.75, 3.05) is 0 Å². The van der Waals surface area contributed by atoms with Crippen molar-refractivity contribution in [2.24, 2.45) is 10.8 Å². The van der Waals surface area contributed by atoms with Gasteiger partial charge < -0.3 is 14.9 Å². The molecule has 0 fully saturated rings. The van der Waals surface area contributed by atoms with Crippen LogP contribution in [0.1, 0.15) is 36.1 Å². The number of furan rings is 1. The van der Waals surface area contributed by atoms with Gasteiger partial charge in [0.05, 0.1) is 35.3 Å². The van der Waals surface area contributed by atoms with Crippen molar-refractivity contribution in [3.05, 3.63) is 65.2 Å². The molecule has 0 amide bonds. The highest BCUT2D eigenvalue weighted by molar-refractivity contribution is 6.16. The van der Waals surface area contributed by atoms with Crippen molar-refractivity contribution in [1.29, 1.82) is 0 Å². The molecular formula is C19H17F6N3O3. The third-order valence-corrected chi connectivity index (χ3v) is 3.67. The molecule has 31 heavy (non-hydrogen) atoms. The molecule has 0 aliphatic carbocycles. The second-order valence-corrected chi connectivity index (χ2v) is 6.44. The van der Waals surface area contributed by atoms with E-state index in [0.717, 1.165) is 6.20 Å². The molecule has 0 spiro atoms. The minimum atomic E-state index is -5.03. The zero-order chi connectivity index (χ0) is 23.4. The number of ether oxygens (including phenoxy) is 1. The largest absolute Gasteiger partial charge is 0.472 e. The number of nitrogens with two attached hydrogens (primary N) is 1. The van der Waals surface area contributed by atoms with Crippen molar-refractivity contribution in [3.63, 3.8) is 0 Å². The Morgan fingerprint density at radius 3 is 2.13 bits per heavy atom. The number of alkyl halides is 6. The number of hydrazone groups is 1. The number of halogens is 6. The normalized spacial score (nSPS) is 13.5. The predicted molar refractivity (Wildman–Crippen MR) is 98.2 cm³/mol. The summed E-state index contributed by atoms with van der Waals surface area (Å²) >= 11 is 0. The van der Waals surface area contributed by atoms with Crippen LogP contribution in [0.3, 0.4) is 0 Å². The standard InChI is InChI=1S/C19H17F6N3O3/c1-10(2)31-17(29)15(11-3-4-30-9-11)8-27-28-16(26)12-5-13(18(20,21)22)7-14(6-12)19(23,24)25/h3-10,27H,1-2H3,(H2,26,28)/b15-8+. The molecule has 168 valence electrons. The maximum absolute atomic E-state index is 13.0. The summed E-state index contributed by atoms with van der Waals surface area (Å²) in [6.45, 7) is 3.22. The highest BCUT2D eigenvalue weighted by Crippen LogP contribution is 2.36. The van der Waals surface area contributed by atoms with Crippen LogP contribution >= 0.6 is 0 Å². The Balaban J connectivity index is 2.38. The van der Waals surface area contributed by atoms with Crippen LogP contribution in [-0.2, 0) is 21.9 Å². The number of hydrogen-bond donors (Lipinski definition) is 2. The second kappa shape index (κ2) is 9.14. The minimum Gasteiger partial charge on any atom is -0.472 e. The van der Waals surface area contributed by atoms with E-state index in [1.807, 2.05) is 0 Å². The summed E-state index contributed by atoms with van der Waals surface area (Å²) in [4.78, 5) is 12.2. The van der Waals surface area contributed by atoms with Crippen molar-refractivity contribution >= 4 is 17.4 Å². The van der Waals surface area contributed by atoms with Crippen LogP contribution in [0.2, 0.25) is 0 Å². The Morgan fingerprint density at radius 2 is 1.68 bits per heavy atom. The van der Waals surface area contributed by atoms with Crippen LogP contribution in [0.4, 0.5) is 26.3 Å². The van der Waals surface area contributed by atoms with Crippen LogP contribution in [0, 0.1) is 0 Å². The molecule has 2 aromatic rings. The molecule has 0 saturated carbocycles. The maximum atomic E-state index is 13.0. The number of rotatable bonds is 6. The van der Waals surface area contributed by atoms with E-state index in [-0.39, 0.29) is 11.6 Å². The van der Waals surface area contributed by atoms with E-state index < -0.39 is 47.0 Å². The number of amidine groups is 1. The third kappa shape index (κ3) is 6.52. The highest BCUT2D eigenvalue weighted by Gasteiger charge is 2.37. The van der Waals surface area contributed by atoms with Gasteiger partial charge in [0, 0.05) is 17.3 Å². The molecule has 0 radical (unpaired) electrons. The summed E-state index contributed by atoms with van der Waals surface area (Å²) in [5, 5.41) is 3.55. The summed E-state index contributed by atoms with van der Waals surface area (Å²) in [5.41, 5.74) is 4.36. The lowest BCUT2D eigenvalue weighted by atomic mass is 10.0. The molecular weight excluding hydrogens is 432 g/mol. The second-order valence-electron chi connectivity index (χ2n) is 6.44. The van der Waals surface area contributed by atoms with Crippen LogP contribution in [0.5, 0.6) is 0 Å². The Labute approximate surface area is 172 Å². The summed E-state index contributed by atoms with van der Waals surface area (Å²) in [5.74, 6) is -1.44. The first-order valence-electron chi connectivity index (χ1n) is 8.61. The summed E-state index contributed by atoms with van der Waals surface area (Å²) in [6, 6.07) is 2.28. The Kier molecular flexibility index (Phi) is 7.03. The smallest absolute Gasteiger partial charge is 0.416 e. The van der Waals surface area contributed by atoms with Gasteiger partial charge >= 0.3 is 18.3 Å². The average molecular weight is 449 g/mol. The minimum absolute atomic E-state index is 0.0248. The molecule has 6 nitrogen and oxygen atoms in total. The molecule has 0 bridgehead atoms.